The summed E-state index contributed by atoms with van der Waals surface area (Å²) in [4.78, 5) is 12.1. The lowest BCUT2D eigenvalue weighted by atomic mass is 10.1. The monoisotopic (exact) mass is 415 g/mol. The maximum absolute atomic E-state index is 12.1. The number of nitrogens with one attached hydrogen (secondary N) is 1. The quantitative estimate of drug-likeness (QED) is 0.712. The third kappa shape index (κ3) is 3.11. The van der Waals surface area contributed by atoms with Crippen molar-refractivity contribution in [1.82, 2.24) is 0 Å². The number of carbonyl (C=O) groups is 1. The van der Waals surface area contributed by atoms with Crippen LogP contribution in [0.3, 0.4) is 0 Å². The van der Waals surface area contributed by atoms with Crippen LogP contribution in [-0.4, -0.2) is 5.91 Å². The average Bonchev–Trinajstić information content (AvgIpc) is 2.33. The van der Waals surface area contributed by atoms with E-state index in [1.165, 1.54) is 0 Å². The molecular formula is C14H11BrINO. The Morgan fingerprint density at radius 2 is 1.94 bits per heavy atom. The molecule has 92 valence electrons. The molecule has 0 radical (unpaired) electrons. The van der Waals surface area contributed by atoms with Gasteiger partial charge in [0.15, 0.2) is 0 Å². The van der Waals surface area contributed by atoms with Crippen LogP contribution in [0.15, 0.2) is 46.9 Å². The molecule has 2 rings (SSSR count). The van der Waals surface area contributed by atoms with Crippen LogP contribution in [0.5, 0.6) is 0 Å². The third-order valence-electron chi connectivity index (χ3n) is 2.56. The van der Waals surface area contributed by atoms with Gasteiger partial charge in [0.05, 0.1) is 5.56 Å². The van der Waals surface area contributed by atoms with Crippen molar-refractivity contribution in [2.24, 2.45) is 0 Å². The Kier molecular flexibility index (Phi) is 4.40. The van der Waals surface area contributed by atoms with E-state index in [4.69, 9.17) is 0 Å². The van der Waals surface area contributed by atoms with Gasteiger partial charge in [-0.2, -0.15) is 0 Å². The van der Waals surface area contributed by atoms with Crippen LogP contribution in [-0.2, 0) is 0 Å². The van der Waals surface area contributed by atoms with Gasteiger partial charge >= 0.3 is 0 Å². The lowest BCUT2D eigenvalue weighted by Gasteiger charge is -2.09. The number of anilines is 1. The lowest BCUT2D eigenvalue weighted by Crippen LogP contribution is -2.13. The molecule has 0 aromatic heterocycles. The van der Waals surface area contributed by atoms with Crippen molar-refractivity contribution in [2.75, 3.05) is 5.32 Å². The third-order valence-corrected chi connectivity index (χ3v) is 3.92. The minimum Gasteiger partial charge on any atom is -0.322 e. The molecule has 0 unspecified atom stereocenters. The smallest absolute Gasteiger partial charge is 0.256 e. The summed E-state index contributed by atoms with van der Waals surface area (Å²) in [6, 6.07) is 13.3. The Balaban J connectivity index is 2.24. The predicted octanol–water partition coefficient (Wildman–Crippen LogP) is 4.61. The van der Waals surface area contributed by atoms with E-state index in [-0.39, 0.29) is 5.91 Å². The summed E-state index contributed by atoms with van der Waals surface area (Å²) < 4.78 is 1.95. The zero-order chi connectivity index (χ0) is 13.1. The Labute approximate surface area is 128 Å². The van der Waals surface area contributed by atoms with E-state index in [1.807, 2.05) is 43.3 Å². The maximum Gasteiger partial charge on any atom is 0.256 e. The summed E-state index contributed by atoms with van der Waals surface area (Å²) in [6.45, 7) is 1.98. The van der Waals surface area contributed by atoms with Crippen molar-refractivity contribution in [3.05, 3.63) is 61.6 Å². The van der Waals surface area contributed by atoms with Gasteiger partial charge < -0.3 is 5.32 Å². The maximum atomic E-state index is 12.1. The summed E-state index contributed by atoms with van der Waals surface area (Å²) >= 11 is 5.63. The van der Waals surface area contributed by atoms with E-state index < -0.39 is 0 Å². The molecular weight excluding hydrogens is 405 g/mol. The number of hydrogen-bond acceptors (Lipinski definition) is 1. The van der Waals surface area contributed by atoms with Crippen LogP contribution in [0.4, 0.5) is 5.69 Å². The zero-order valence-corrected chi connectivity index (χ0v) is 13.4. The standard InChI is InChI=1S/C14H11BrINO/c1-9-8-10(16)6-7-13(9)17-14(18)11-4-2-3-5-12(11)15/h2-8H,1H3,(H,17,18). The van der Waals surface area contributed by atoms with E-state index in [2.05, 4.69) is 43.8 Å². The number of hydrogen-bond donors (Lipinski definition) is 1. The molecule has 0 aliphatic heterocycles. The van der Waals surface area contributed by atoms with Crippen LogP contribution in [0.2, 0.25) is 0 Å². The normalized spacial score (nSPS) is 10.2. The first-order valence-corrected chi connectivity index (χ1v) is 7.27. The van der Waals surface area contributed by atoms with Gasteiger partial charge in [-0.1, -0.05) is 12.1 Å². The number of halogens is 2. The highest BCUT2D eigenvalue weighted by Gasteiger charge is 2.10. The molecule has 2 aromatic rings. The Morgan fingerprint density at radius 1 is 1.22 bits per heavy atom. The summed E-state index contributed by atoms with van der Waals surface area (Å²) in [5.41, 5.74) is 2.54. The van der Waals surface area contributed by atoms with Crippen molar-refractivity contribution >= 4 is 50.1 Å². The van der Waals surface area contributed by atoms with E-state index in [0.717, 1.165) is 19.3 Å². The van der Waals surface area contributed by atoms with Gasteiger partial charge in [0.1, 0.15) is 0 Å². The predicted molar refractivity (Wildman–Crippen MR) is 86.0 cm³/mol. The largest absolute Gasteiger partial charge is 0.322 e. The topological polar surface area (TPSA) is 29.1 Å². The number of aryl methyl sites for hydroxylation is 1. The summed E-state index contributed by atoms with van der Waals surface area (Å²) in [5, 5.41) is 2.92. The van der Waals surface area contributed by atoms with Crippen molar-refractivity contribution < 1.29 is 4.79 Å². The van der Waals surface area contributed by atoms with Crippen molar-refractivity contribution in [1.29, 1.82) is 0 Å². The summed E-state index contributed by atoms with van der Waals surface area (Å²) in [7, 11) is 0. The van der Waals surface area contributed by atoms with E-state index in [0.29, 0.717) is 5.56 Å². The summed E-state index contributed by atoms with van der Waals surface area (Å²) in [5.74, 6) is -0.105. The molecule has 1 N–H and O–H groups in total. The molecule has 0 spiro atoms. The van der Waals surface area contributed by atoms with Crippen LogP contribution in [0, 0.1) is 10.5 Å². The fraction of sp³-hybridized carbons (Fsp3) is 0.0714. The second kappa shape index (κ2) is 5.84. The number of amides is 1. The van der Waals surface area contributed by atoms with Gasteiger partial charge in [-0.15, -0.1) is 0 Å². The number of carbonyl (C=O) groups excluding carboxylic acids is 1. The number of benzene rings is 2. The van der Waals surface area contributed by atoms with Gasteiger partial charge in [-0.3, -0.25) is 4.79 Å². The molecule has 0 saturated carbocycles. The zero-order valence-electron chi connectivity index (χ0n) is 9.71. The molecule has 0 bridgehead atoms. The fourth-order valence-corrected chi connectivity index (χ4v) is 2.71. The van der Waals surface area contributed by atoms with E-state index in [9.17, 15) is 4.79 Å². The van der Waals surface area contributed by atoms with Gasteiger partial charge in [0.2, 0.25) is 0 Å². The van der Waals surface area contributed by atoms with Crippen LogP contribution < -0.4 is 5.32 Å². The van der Waals surface area contributed by atoms with Crippen molar-refractivity contribution in [2.45, 2.75) is 6.92 Å². The van der Waals surface area contributed by atoms with Gasteiger partial charge in [0.25, 0.3) is 5.91 Å². The van der Waals surface area contributed by atoms with Crippen LogP contribution in [0.1, 0.15) is 15.9 Å². The molecule has 0 atom stereocenters. The Morgan fingerprint density at radius 3 is 2.61 bits per heavy atom. The van der Waals surface area contributed by atoms with E-state index >= 15 is 0 Å². The first-order valence-electron chi connectivity index (χ1n) is 5.40. The van der Waals surface area contributed by atoms with Crippen LogP contribution in [0.25, 0.3) is 0 Å². The molecule has 0 aliphatic rings. The van der Waals surface area contributed by atoms with Crippen molar-refractivity contribution in [3.63, 3.8) is 0 Å². The average molecular weight is 416 g/mol. The van der Waals surface area contributed by atoms with E-state index in [1.54, 1.807) is 6.07 Å². The van der Waals surface area contributed by atoms with Gasteiger partial charge in [-0.05, 0) is 81.3 Å². The SMILES string of the molecule is Cc1cc(I)ccc1NC(=O)c1ccccc1Br. The first-order chi connectivity index (χ1) is 8.58. The molecule has 0 fully saturated rings. The minimum atomic E-state index is -0.105. The highest BCUT2D eigenvalue weighted by molar-refractivity contribution is 14.1. The van der Waals surface area contributed by atoms with Gasteiger partial charge in [0, 0.05) is 13.7 Å². The second-order valence-electron chi connectivity index (χ2n) is 3.89. The second-order valence-corrected chi connectivity index (χ2v) is 5.99. The summed E-state index contributed by atoms with van der Waals surface area (Å²) in [6.07, 6.45) is 0. The minimum absolute atomic E-state index is 0.105. The van der Waals surface area contributed by atoms with Gasteiger partial charge in [-0.25, -0.2) is 0 Å². The molecule has 4 heteroatoms. The Hall–Kier alpha value is -0.880. The highest BCUT2D eigenvalue weighted by atomic mass is 127. The molecule has 0 heterocycles. The molecule has 2 aromatic carbocycles. The van der Waals surface area contributed by atoms with Crippen molar-refractivity contribution in [3.8, 4) is 0 Å². The fourth-order valence-electron chi connectivity index (χ4n) is 1.60. The molecule has 2 nitrogen and oxygen atoms in total. The lowest BCUT2D eigenvalue weighted by molar-refractivity contribution is 0.102. The molecule has 0 saturated heterocycles. The number of rotatable bonds is 2. The highest BCUT2D eigenvalue weighted by Crippen LogP contribution is 2.21. The molecule has 1 amide bonds. The molecule has 18 heavy (non-hydrogen) atoms. The van der Waals surface area contributed by atoms with Crippen LogP contribution >= 0.6 is 38.5 Å². The molecule has 0 aliphatic carbocycles. The Bertz CT molecular complexity index is 598. The first kappa shape index (κ1) is 13.5.